The summed E-state index contributed by atoms with van der Waals surface area (Å²) in [6.45, 7) is 5.19. The van der Waals surface area contributed by atoms with E-state index in [1.165, 1.54) is 12.8 Å². The molecule has 1 aromatic heterocycles. The van der Waals surface area contributed by atoms with E-state index in [1.807, 2.05) is 18.9 Å². The van der Waals surface area contributed by atoms with Gasteiger partial charge in [-0.1, -0.05) is 0 Å². The zero-order valence-electron chi connectivity index (χ0n) is 12.6. The molecule has 20 heavy (non-hydrogen) atoms. The first kappa shape index (κ1) is 14.8. The lowest BCUT2D eigenvalue weighted by Crippen LogP contribution is -2.25. The molecule has 1 heterocycles. The van der Waals surface area contributed by atoms with Crippen LogP contribution in [-0.2, 0) is 4.74 Å². The van der Waals surface area contributed by atoms with Gasteiger partial charge in [0.1, 0.15) is 6.33 Å². The van der Waals surface area contributed by atoms with Crippen LogP contribution in [0.4, 0.5) is 11.6 Å². The highest BCUT2D eigenvalue weighted by Gasteiger charge is 2.21. The van der Waals surface area contributed by atoms with Crippen molar-refractivity contribution in [2.24, 2.45) is 5.92 Å². The molecule has 0 amide bonds. The molecule has 6 heteroatoms. The van der Waals surface area contributed by atoms with Crippen molar-refractivity contribution in [1.82, 2.24) is 9.97 Å². The second-order valence-electron chi connectivity index (χ2n) is 5.05. The minimum Gasteiger partial charge on any atom is -0.490 e. The first-order valence-electron chi connectivity index (χ1n) is 7.18. The van der Waals surface area contributed by atoms with Crippen molar-refractivity contribution in [3.63, 3.8) is 0 Å². The molecule has 0 saturated heterocycles. The van der Waals surface area contributed by atoms with Crippen LogP contribution in [0.5, 0.6) is 5.75 Å². The number of hydrogen-bond acceptors (Lipinski definition) is 6. The monoisotopic (exact) mass is 280 g/mol. The van der Waals surface area contributed by atoms with E-state index < -0.39 is 0 Å². The van der Waals surface area contributed by atoms with Gasteiger partial charge in [-0.25, -0.2) is 9.97 Å². The molecule has 0 bridgehead atoms. The van der Waals surface area contributed by atoms with Crippen LogP contribution in [0.1, 0.15) is 19.8 Å². The van der Waals surface area contributed by atoms with Crippen molar-refractivity contribution in [2.75, 3.05) is 50.7 Å². The highest BCUT2D eigenvalue weighted by molar-refractivity contribution is 5.64. The van der Waals surface area contributed by atoms with E-state index in [1.54, 1.807) is 13.4 Å². The molecule has 0 radical (unpaired) electrons. The summed E-state index contributed by atoms with van der Waals surface area (Å²) in [4.78, 5) is 10.6. The van der Waals surface area contributed by atoms with Crippen LogP contribution in [0.3, 0.4) is 0 Å². The van der Waals surface area contributed by atoms with E-state index in [4.69, 9.17) is 9.47 Å². The highest BCUT2D eigenvalue weighted by atomic mass is 16.5. The van der Waals surface area contributed by atoms with Crippen LogP contribution in [0.2, 0.25) is 0 Å². The fourth-order valence-corrected chi connectivity index (χ4v) is 1.96. The average Bonchev–Trinajstić information content (AvgIpc) is 3.27. The van der Waals surface area contributed by atoms with Gasteiger partial charge in [-0.3, -0.25) is 0 Å². The Morgan fingerprint density at radius 2 is 2.20 bits per heavy atom. The topological polar surface area (TPSA) is 59.5 Å². The van der Waals surface area contributed by atoms with Gasteiger partial charge in [-0.2, -0.15) is 0 Å². The van der Waals surface area contributed by atoms with Gasteiger partial charge in [-0.05, 0) is 25.7 Å². The molecule has 0 aromatic carbocycles. The molecule has 1 aromatic rings. The number of anilines is 2. The molecule has 0 atom stereocenters. The first-order chi connectivity index (χ1) is 9.76. The molecule has 1 aliphatic rings. The second kappa shape index (κ2) is 7.28. The van der Waals surface area contributed by atoms with Gasteiger partial charge in [0, 0.05) is 26.7 Å². The SMILES string of the molecule is CCNc1ncnc(N(C)CCOCC2CC2)c1OC. The maximum absolute atomic E-state index is 5.66. The van der Waals surface area contributed by atoms with E-state index in [0.717, 1.165) is 37.3 Å². The smallest absolute Gasteiger partial charge is 0.204 e. The van der Waals surface area contributed by atoms with Gasteiger partial charge >= 0.3 is 0 Å². The largest absolute Gasteiger partial charge is 0.490 e. The molecule has 6 nitrogen and oxygen atoms in total. The molecule has 112 valence electrons. The van der Waals surface area contributed by atoms with Crippen molar-refractivity contribution >= 4 is 11.6 Å². The molecular formula is C14H24N4O2. The molecular weight excluding hydrogens is 256 g/mol. The predicted octanol–water partition coefficient (Wildman–Crippen LogP) is 1.78. The summed E-state index contributed by atoms with van der Waals surface area (Å²) in [5, 5.41) is 3.18. The lowest BCUT2D eigenvalue weighted by Gasteiger charge is -2.21. The van der Waals surface area contributed by atoms with Gasteiger partial charge in [0.25, 0.3) is 0 Å². The molecule has 0 aliphatic heterocycles. The number of methoxy groups -OCH3 is 1. The lowest BCUT2D eigenvalue weighted by atomic mass is 10.4. The van der Waals surface area contributed by atoms with Crippen LogP contribution in [0.15, 0.2) is 6.33 Å². The van der Waals surface area contributed by atoms with E-state index >= 15 is 0 Å². The van der Waals surface area contributed by atoms with Gasteiger partial charge in [0.15, 0.2) is 11.6 Å². The van der Waals surface area contributed by atoms with Gasteiger partial charge in [-0.15, -0.1) is 0 Å². The Morgan fingerprint density at radius 3 is 2.85 bits per heavy atom. The van der Waals surface area contributed by atoms with Gasteiger partial charge < -0.3 is 19.7 Å². The highest BCUT2D eigenvalue weighted by Crippen LogP contribution is 2.31. The quantitative estimate of drug-likeness (QED) is 0.696. The zero-order valence-corrected chi connectivity index (χ0v) is 12.6. The van der Waals surface area contributed by atoms with Crippen LogP contribution in [0, 0.1) is 5.92 Å². The number of nitrogens with one attached hydrogen (secondary N) is 1. The zero-order chi connectivity index (χ0) is 14.4. The summed E-state index contributed by atoms with van der Waals surface area (Å²) < 4.78 is 11.1. The van der Waals surface area contributed by atoms with Crippen molar-refractivity contribution in [1.29, 1.82) is 0 Å². The Balaban J connectivity index is 1.92. The third kappa shape index (κ3) is 3.96. The first-order valence-corrected chi connectivity index (χ1v) is 7.18. The van der Waals surface area contributed by atoms with E-state index in [-0.39, 0.29) is 0 Å². The van der Waals surface area contributed by atoms with E-state index in [0.29, 0.717) is 12.4 Å². The van der Waals surface area contributed by atoms with Crippen LogP contribution >= 0.6 is 0 Å². The van der Waals surface area contributed by atoms with Crippen LogP contribution < -0.4 is 15.0 Å². The lowest BCUT2D eigenvalue weighted by molar-refractivity contribution is 0.130. The summed E-state index contributed by atoms with van der Waals surface area (Å²) in [5.74, 6) is 2.99. The molecule has 2 rings (SSSR count). The number of hydrogen-bond donors (Lipinski definition) is 1. The Hall–Kier alpha value is -1.56. The fraction of sp³-hybridized carbons (Fsp3) is 0.714. The maximum Gasteiger partial charge on any atom is 0.204 e. The Bertz CT molecular complexity index is 424. The third-order valence-corrected chi connectivity index (χ3v) is 3.32. The molecule has 0 unspecified atom stereocenters. The van der Waals surface area contributed by atoms with Gasteiger partial charge in [0.05, 0.1) is 13.7 Å². The number of likely N-dealkylation sites (N-methyl/N-ethyl adjacent to an activating group) is 1. The minimum atomic E-state index is 0.680. The summed E-state index contributed by atoms with van der Waals surface area (Å²) >= 11 is 0. The molecule has 1 aliphatic carbocycles. The summed E-state index contributed by atoms with van der Waals surface area (Å²) in [6, 6.07) is 0. The number of aromatic nitrogens is 2. The molecule has 1 fully saturated rings. The summed E-state index contributed by atoms with van der Waals surface area (Å²) in [6.07, 6.45) is 4.20. The molecule has 1 N–H and O–H groups in total. The molecule has 1 saturated carbocycles. The maximum atomic E-state index is 5.66. The summed E-state index contributed by atoms with van der Waals surface area (Å²) in [5.41, 5.74) is 0. The number of nitrogens with zero attached hydrogens (tertiary/aromatic N) is 3. The van der Waals surface area contributed by atoms with Crippen molar-refractivity contribution in [3.8, 4) is 5.75 Å². The predicted molar refractivity (Wildman–Crippen MR) is 79.6 cm³/mol. The number of ether oxygens (including phenoxy) is 2. The number of rotatable bonds is 9. The van der Waals surface area contributed by atoms with Crippen LogP contribution in [-0.4, -0.2) is 50.4 Å². The minimum absolute atomic E-state index is 0.680. The Labute approximate surface area is 120 Å². The standard InChI is InChI=1S/C14H24N4O2/c1-4-15-13-12(19-3)14(17-10-16-13)18(2)7-8-20-9-11-5-6-11/h10-11H,4-9H2,1-3H3,(H,15,16,17). The second-order valence-corrected chi connectivity index (χ2v) is 5.05. The van der Waals surface area contributed by atoms with Gasteiger partial charge in [0.2, 0.25) is 5.75 Å². The normalized spacial score (nSPS) is 14.2. The van der Waals surface area contributed by atoms with Crippen molar-refractivity contribution in [3.05, 3.63) is 6.33 Å². The molecule has 0 spiro atoms. The van der Waals surface area contributed by atoms with Crippen molar-refractivity contribution in [2.45, 2.75) is 19.8 Å². The third-order valence-electron chi connectivity index (χ3n) is 3.32. The summed E-state index contributed by atoms with van der Waals surface area (Å²) in [7, 11) is 3.63. The fourth-order valence-electron chi connectivity index (χ4n) is 1.96. The Morgan fingerprint density at radius 1 is 1.40 bits per heavy atom. The average molecular weight is 280 g/mol. The Kier molecular flexibility index (Phi) is 5.40. The van der Waals surface area contributed by atoms with E-state index in [2.05, 4.69) is 15.3 Å². The van der Waals surface area contributed by atoms with Crippen LogP contribution in [0.25, 0.3) is 0 Å². The van der Waals surface area contributed by atoms with E-state index in [9.17, 15) is 0 Å². The van der Waals surface area contributed by atoms with Crippen molar-refractivity contribution < 1.29 is 9.47 Å².